The minimum absolute atomic E-state index is 0.110. The zero-order chi connectivity index (χ0) is 14.5. The summed E-state index contributed by atoms with van der Waals surface area (Å²) in [6, 6.07) is 7.69. The van der Waals surface area contributed by atoms with Crippen LogP contribution in [-0.2, 0) is 4.79 Å². The van der Waals surface area contributed by atoms with Crippen LogP contribution in [0.25, 0.3) is 6.08 Å². The van der Waals surface area contributed by atoms with Crippen LogP contribution in [0.4, 0.5) is 0 Å². The van der Waals surface area contributed by atoms with Crippen LogP contribution in [0.5, 0.6) is 5.75 Å². The first-order valence-corrected chi connectivity index (χ1v) is 7.19. The van der Waals surface area contributed by atoms with Gasteiger partial charge in [0.2, 0.25) is 5.91 Å². The van der Waals surface area contributed by atoms with Crippen molar-refractivity contribution < 1.29 is 9.53 Å². The van der Waals surface area contributed by atoms with E-state index in [0.717, 1.165) is 24.4 Å². The Balaban J connectivity index is 1.97. The lowest BCUT2D eigenvalue weighted by Crippen LogP contribution is -2.41. The number of nitrogens with zero attached hydrogens (tertiary/aromatic N) is 1. The van der Waals surface area contributed by atoms with Gasteiger partial charge in [0.05, 0.1) is 7.11 Å². The largest absolute Gasteiger partial charge is 0.497 e. The standard InChI is InChI=1S/C17H23NO2/c1-13-10-14(2)12-18(11-13)17(19)9-6-15-4-7-16(20-3)8-5-15/h4-9,13-14H,10-12H2,1-3H3/b9-6+/t13-,14-/m0/s1. The Morgan fingerprint density at radius 3 is 2.35 bits per heavy atom. The van der Waals surface area contributed by atoms with Crippen LogP contribution in [0.2, 0.25) is 0 Å². The third-order valence-corrected chi connectivity index (χ3v) is 3.71. The Kier molecular flexibility index (Phi) is 4.83. The second-order valence-corrected chi connectivity index (χ2v) is 5.80. The van der Waals surface area contributed by atoms with Crippen LogP contribution in [0.15, 0.2) is 30.3 Å². The number of hydrogen-bond donors (Lipinski definition) is 0. The number of likely N-dealkylation sites (tertiary alicyclic amines) is 1. The summed E-state index contributed by atoms with van der Waals surface area (Å²) >= 11 is 0. The van der Waals surface area contributed by atoms with Gasteiger partial charge in [-0.25, -0.2) is 0 Å². The van der Waals surface area contributed by atoms with Gasteiger partial charge in [-0.2, -0.15) is 0 Å². The van der Waals surface area contributed by atoms with Crippen molar-refractivity contribution in [2.24, 2.45) is 11.8 Å². The molecule has 0 aliphatic carbocycles. The van der Waals surface area contributed by atoms with Crippen molar-refractivity contribution in [2.45, 2.75) is 20.3 Å². The highest BCUT2D eigenvalue weighted by Gasteiger charge is 2.23. The Labute approximate surface area is 121 Å². The van der Waals surface area contributed by atoms with Crippen molar-refractivity contribution in [1.82, 2.24) is 4.90 Å². The lowest BCUT2D eigenvalue weighted by atomic mass is 9.92. The van der Waals surface area contributed by atoms with E-state index in [-0.39, 0.29) is 5.91 Å². The molecule has 1 aliphatic heterocycles. The lowest BCUT2D eigenvalue weighted by Gasteiger charge is -2.34. The maximum absolute atomic E-state index is 12.2. The molecule has 3 heteroatoms. The Morgan fingerprint density at radius 1 is 1.20 bits per heavy atom. The van der Waals surface area contributed by atoms with E-state index in [4.69, 9.17) is 4.74 Å². The lowest BCUT2D eigenvalue weighted by molar-refractivity contribution is -0.128. The van der Waals surface area contributed by atoms with E-state index in [1.807, 2.05) is 35.2 Å². The summed E-state index contributed by atoms with van der Waals surface area (Å²) in [5.74, 6) is 2.13. The Bertz CT molecular complexity index is 468. The third kappa shape index (κ3) is 3.86. The minimum Gasteiger partial charge on any atom is -0.497 e. The molecule has 2 atom stereocenters. The van der Waals surface area contributed by atoms with Gasteiger partial charge in [-0.15, -0.1) is 0 Å². The van der Waals surface area contributed by atoms with Crippen molar-refractivity contribution in [3.63, 3.8) is 0 Å². The molecule has 1 aliphatic rings. The molecule has 0 radical (unpaired) electrons. The fourth-order valence-corrected chi connectivity index (χ4v) is 2.83. The van der Waals surface area contributed by atoms with Crippen molar-refractivity contribution in [2.75, 3.05) is 20.2 Å². The van der Waals surface area contributed by atoms with Gasteiger partial charge in [0, 0.05) is 19.2 Å². The number of benzene rings is 1. The highest BCUT2D eigenvalue weighted by Crippen LogP contribution is 2.21. The number of methoxy groups -OCH3 is 1. The molecular formula is C17H23NO2. The van der Waals surface area contributed by atoms with Gasteiger partial charge in [-0.05, 0) is 42.0 Å². The van der Waals surface area contributed by atoms with Crippen LogP contribution in [-0.4, -0.2) is 31.0 Å². The average molecular weight is 273 g/mol. The highest BCUT2D eigenvalue weighted by atomic mass is 16.5. The van der Waals surface area contributed by atoms with E-state index in [1.54, 1.807) is 13.2 Å². The number of amides is 1. The fourth-order valence-electron chi connectivity index (χ4n) is 2.83. The zero-order valence-corrected chi connectivity index (χ0v) is 12.5. The summed E-state index contributed by atoms with van der Waals surface area (Å²) in [6.07, 6.45) is 4.75. The molecule has 3 nitrogen and oxygen atoms in total. The van der Waals surface area contributed by atoms with Gasteiger partial charge < -0.3 is 9.64 Å². The Morgan fingerprint density at radius 2 is 1.80 bits per heavy atom. The quantitative estimate of drug-likeness (QED) is 0.791. The van der Waals surface area contributed by atoms with Crippen LogP contribution >= 0.6 is 0 Å². The van der Waals surface area contributed by atoms with Gasteiger partial charge in [0.25, 0.3) is 0 Å². The molecule has 20 heavy (non-hydrogen) atoms. The summed E-state index contributed by atoms with van der Waals surface area (Å²) in [4.78, 5) is 14.2. The first-order valence-electron chi connectivity index (χ1n) is 7.19. The topological polar surface area (TPSA) is 29.5 Å². The van der Waals surface area contributed by atoms with Crippen LogP contribution in [0, 0.1) is 11.8 Å². The van der Waals surface area contributed by atoms with Gasteiger partial charge in [-0.1, -0.05) is 26.0 Å². The maximum Gasteiger partial charge on any atom is 0.246 e. The Hall–Kier alpha value is -1.77. The number of carbonyl (C=O) groups is 1. The summed E-state index contributed by atoms with van der Waals surface area (Å²) < 4.78 is 5.11. The number of carbonyl (C=O) groups excluding carboxylic acids is 1. The molecule has 108 valence electrons. The van der Waals surface area contributed by atoms with Crippen molar-refractivity contribution in [3.05, 3.63) is 35.9 Å². The molecule has 0 N–H and O–H groups in total. The number of ether oxygens (including phenoxy) is 1. The summed E-state index contributed by atoms with van der Waals surface area (Å²) in [5, 5.41) is 0. The highest BCUT2D eigenvalue weighted by molar-refractivity contribution is 5.91. The summed E-state index contributed by atoms with van der Waals surface area (Å²) in [7, 11) is 1.65. The maximum atomic E-state index is 12.2. The van der Waals surface area contributed by atoms with Gasteiger partial charge >= 0.3 is 0 Å². The molecule has 1 amide bonds. The van der Waals surface area contributed by atoms with E-state index >= 15 is 0 Å². The molecule has 1 aromatic rings. The van der Waals surface area contributed by atoms with E-state index in [1.165, 1.54) is 6.42 Å². The van der Waals surface area contributed by atoms with E-state index < -0.39 is 0 Å². The second-order valence-electron chi connectivity index (χ2n) is 5.80. The monoisotopic (exact) mass is 273 g/mol. The number of hydrogen-bond acceptors (Lipinski definition) is 2. The summed E-state index contributed by atoms with van der Waals surface area (Å²) in [6.45, 7) is 6.17. The molecular weight excluding hydrogens is 250 g/mol. The SMILES string of the molecule is COc1ccc(/C=C/C(=O)N2C[C@@H](C)C[C@H](C)C2)cc1. The van der Waals surface area contributed by atoms with E-state index in [0.29, 0.717) is 11.8 Å². The van der Waals surface area contributed by atoms with Crippen molar-refractivity contribution >= 4 is 12.0 Å². The second kappa shape index (κ2) is 6.60. The zero-order valence-electron chi connectivity index (χ0n) is 12.5. The molecule has 1 fully saturated rings. The van der Waals surface area contributed by atoms with E-state index in [2.05, 4.69) is 13.8 Å². The molecule has 0 unspecified atom stereocenters. The number of rotatable bonds is 3. The first-order chi connectivity index (χ1) is 9.58. The van der Waals surface area contributed by atoms with Crippen molar-refractivity contribution in [1.29, 1.82) is 0 Å². The summed E-state index contributed by atoms with van der Waals surface area (Å²) in [5.41, 5.74) is 1.01. The van der Waals surface area contributed by atoms with E-state index in [9.17, 15) is 4.79 Å². The molecule has 1 saturated heterocycles. The first kappa shape index (κ1) is 14.6. The normalized spacial score (nSPS) is 23.1. The predicted molar refractivity (Wildman–Crippen MR) is 81.6 cm³/mol. The molecule has 1 aromatic carbocycles. The molecule has 0 aromatic heterocycles. The molecule has 2 rings (SSSR count). The number of piperidine rings is 1. The van der Waals surface area contributed by atoms with Crippen LogP contribution in [0.3, 0.4) is 0 Å². The van der Waals surface area contributed by atoms with Crippen molar-refractivity contribution in [3.8, 4) is 5.75 Å². The van der Waals surface area contributed by atoms with Crippen LogP contribution in [0.1, 0.15) is 25.8 Å². The minimum atomic E-state index is 0.110. The molecule has 0 spiro atoms. The van der Waals surface area contributed by atoms with Gasteiger partial charge in [0.1, 0.15) is 5.75 Å². The molecule has 0 saturated carbocycles. The molecule has 1 heterocycles. The third-order valence-electron chi connectivity index (χ3n) is 3.71. The van der Waals surface area contributed by atoms with Gasteiger partial charge in [-0.3, -0.25) is 4.79 Å². The van der Waals surface area contributed by atoms with Gasteiger partial charge in [0.15, 0.2) is 0 Å². The predicted octanol–water partition coefficient (Wildman–Crippen LogP) is 3.21. The smallest absolute Gasteiger partial charge is 0.246 e. The fraction of sp³-hybridized carbons (Fsp3) is 0.471. The molecule has 0 bridgehead atoms. The van der Waals surface area contributed by atoms with Crippen LogP contribution < -0.4 is 4.74 Å². The average Bonchev–Trinajstić information content (AvgIpc) is 2.44.